The molecule has 1 N–H and O–H groups in total. The Morgan fingerprint density at radius 3 is 2.72 bits per heavy atom. The van der Waals surface area contributed by atoms with Crippen LogP contribution in [0.25, 0.3) is 11.2 Å². The van der Waals surface area contributed by atoms with E-state index in [1.54, 1.807) is 22.8 Å². The quantitative estimate of drug-likeness (QED) is 0.516. The average Bonchev–Trinajstić information content (AvgIpc) is 3.38. The number of amides is 1. The summed E-state index contributed by atoms with van der Waals surface area (Å²) in [4.78, 5) is 44.5. The van der Waals surface area contributed by atoms with E-state index in [1.807, 2.05) is 12.1 Å². The van der Waals surface area contributed by atoms with Gasteiger partial charge in [0.15, 0.2) is 5.65 Å². The second-order valence-electron chi connectivity index (χ2n) is 9.10. The van der Waals surface area contributed by atoms with E-state index in [4.69, 9.17) is 4.74 Å². The van der Waals surface area contributed by atoms with Crippen molar-refractivity contribution >= 4 is 34.4 Å². The Labute approximate surface area is 209 Å². The second-order valence-corrected chi connectivity index (χ2v) is 9.10. The lowest BCUT2D eigenvalue weighted by Crippen LogP contribution is -2.44. The zero-order valence-electron chi connectivity index (χ0n) is 20.6. The highest BCUT2D eigenvalue weighted by atomic mass is 16.5. The molecule has 2 aromatic heterocycles. The summed E-state index contributed by atoms with van der Waals surface area (Å²) in [6.07, 6.45) is 4.81. The number of carbonyl (C=O) groups is 1. The van der Waals surface area contributed by atoms with Crippen molar-refractivity contribution in [1.82, 2.24) is 29.3 Å². The van der Waals surface area contributed by atoms with Crippen LogP contribution in [0.5, 0.6) is 5.75 Å². The molecule has 2 aliphatic heterocycles. The van der Waals surface area contributed by atoms with Gasteiger partial charge in [-0.2, -0.15) is 4.98 Å². The molecule has 1 aromatic carbocycles. The van der Waals surface area contributed by atoms with Crippen molar-refractivity contribution in [3.8, 4) is 5.75 Å². The van der Waals surface area contributed by atoms with Gasteiger partial charge in [-0.05, 0) is 31.7 Å². The largest absolute Gasteiger partial charge is 0.494 e. The SMILES string of the molecule is C=CC(=O)N1CC[C@@H](n2c(=O)cnc3cnc(Nc4ccc(N5CCN(C)CC5)cc4OC)nc32)C1. The second kappa shape index (κ2) is 9.94. The van der Waals surface area contributed by atoms with Gasteiger partial charge in [0.05, 0.1) is 31.2 Å². The molecular weight excluding hydrogens is 460 g/mol. The number of rotatable bonds is 6. The number of likely N-dealkylation sites (tertiary alicyclic amines) is 1. The molecule has 5 rings (SSSR count). The number of nitrogens with zero attached hydrogens (tertiary/aromatic N) is 7. The van der Waals surface area contributed by atoms with Crippen molar-refractivity contribution < 1.29 is 9.53 Å². The van der Waals surface area contributed by atoms with Crippen molar-refractivity contribution in [3.05, 3.63) is 53.6 Å². The van der Waals surface area contributed by atoms with Crippen LogP contribution in [0.1, 0.15) is 12.5 Å². The predicted octanol–water partition coefficient (Wildman–Crippen LogP) is 1.65. The van der Waals surface area contributed by atoms with Gasteiger partial charge in [-0.3, -0.25) is 14.2 Å². The van der Waals surface area contributed by atoms with E-state index < -0.39 is 0 Å². The summed E-state index contributed by atoms with van der Waals surface area (Å²) >= 11 is 0. The van der Waals surface area contributed by atoms with E-state index in [1.165, 1.54) is 12.3 Å². The topological polar surface area (TPSA) is 109 Å². The number of anilines is 3. The number of aromatic nitrogens is 4. The molecule has 11 heteroatoms. The van der Waals surface area contributed by atoms with Crippen LogP contribution in [-0.4, -0.2) is 88.7 Å². The molecule has 0 saturated carbocycles. The number of benzene rings is 1. The fraction of sp³-hybridized carbons (Fsp3) is 0.400. The van der Waals surface area contributed by atoms with Gasteiger partial charge in [-0.15, -0.1) is 0 Å². The van der Waals surface area contributed by atoms with Crippen LogP contribution in [0.15, 0.2) is 48.0 Å². The van der Waals surface area contributed by atoms with Crippen molar-refractivity contribution in [1.29, 1.82) is 0 Å². The number of ether oxygens (including phenoxy) is 1. The lowest BCUT2D eigenvalue weighted by atomic mass is 10.2. The van der Waals surface area contributed by atoms with E-state index in [9.17, 15) is 9.59 Å². The Kier molecular flexibility index (Phi) is 6.55. The molecule has 0 bridgehead atoms. The standard InChI is InChI=1S/C25H30N8O3/c1-4-22(34)32-8-7-18(16-32)33-23(35)15-26-20-14-27-25(29-24(20)33)28-19-6-5-17(13-21(19)36-3)31-11-9-30(2)10-12-31/h4-6,13-15,18H,1,7-12,16H2,2-3H3,(H,27,28,29)/t18-/m1/s1. The summed E-state index contributed by atoms with van der Waals surface area (Å²) in [5.41, 5.74) is 2.48. The number of carbonyl (C=O) groups excluding carboxylic acids is 1. The van der Waals surface area contributed by atoms with Gasteiger partial charge in [0.1, 0.15) is 11.3 Å². The van der Waals surface area contributed by atoms with Gasteiger partial charge in [-0.1, -0.05) is 6.58 Å². The van der Waals surface area contributed by atoms with E-state index >= 15 is 0 Å². The van der Waals surface area contributed by atoms with Crippen molar-refractivity contribution in [2.75, 3.05) is 63.6 Å². The molecule has 2 saturated heterocycles. The molecule has 0 radical (unpaired) electrons. The molecule has 1 atom stereocenters. The van der Waals surface area contributed by atoms with Gasteiger partial charge >= 0.3 is 0 Å². The van der Waals surface area contributed by atoms with E-state index in [2.05, 4.69) is 49.8 Å². The van der Waals surface area contributed by atoms with Crippen LogP contribution in [0, 0.1) is 0 Å². The summed E-state index contributed by atoms with van der Waals surface area (Å²) in [7, 11) is 3.76. The molecule has 2 fully saturated rings. The third-order valence-corrected chi connectivity index (χ3v) is 6.84. The minimum atomic E-state index is -0.265. The molecule has 1 amide bonds. The van der Waals surface area contributed by atoms with Crippen molar-refractivity contribution in [2.45, 2.75) is 12.5 Å². The highest BCUT2D eigenvalue weighted by Crippen LogP contribution is 2.32. The summed E-state index contributed by atoms with van der Waals surface area (Å²) in [5, 5.41) is 3.23. The fourth-order valence-electron chi connectivity index (χ4n) is 4.79. The molecule has 0 unspecified atom stereocenters. The maximum atomic E-state index is 12.8. The molecular formula is C25H30N8O3. The van der Waals surface area contributed by atoms with Gasteiger partial charge in [0, 0.05) is 51.0 Å². The Morgan fingerprint density at radius 2 is 1.97 bits per heavy atom. The number of hydrogen-bond acceptors (Lipinski definition) is 9. The number of hydrogen-bond donors (Lipinski definition) is 1. The third kappa shape index (κ3) is 4.61. The molecule has 0 aliphatic carbocycles. The first-order valence-corrected chi connectivity index (χ1v) is 12.0. The first kappa shape index (κ1) is 23.7. The monoisotopic (exact) mass is 490 g/mol. The highest BCUT2D eigenvalue weighted by molar-refractivity contribution is 5.87. The highest BCUT2D eigenvalue weighted by Gasteiger charge is 2.28. The summed E-state index contributed by atoms with van der Waals surface area (Å²) in [6, 6.07) is 5.81. The van der Waals surface area contributed by atoms with Gasteiger partial charge in [0.25, 0.3) is 5.56 Å². The Morgan fingerprint density at radius 1 is 1.17 bits per heavy atom. The molecule has 2 aliphatic rings. The third-order valence-electron chi connectivity index (χ3n) is 6.84. The smallest absolute Gasteiger partial charge is 0.270 e. The summed E-state index contributed by atoms with van der Waals surface area (Å²) < 4.78 is 7.27. The van der Waals surface area contributed by atoms with Crippen LogP contribution >= 0.6 is 0 Å². The number of methoxy groups -OCH3 is 1. The average molecular weight is 491 g/mol. The van der Waals surface area contributed by atoms with Crippen LogP contribution in [-0.2, 0) is 4.79 Å². The maximum absolute atomic E-state index is 12.8. The fourth-order valence-corrected chi connectivity index (χ4v) is 4.79. The number of likely N-dealkylation sites (N-methyl/N-ethyl adjacent to an activating group) is 1. The summed E-state index contributed by atoms with van der Waals surface area (Å²) in [5.74, 6) is 0.854. The minimum absolute atomic E-state index is 0.145. The van der Waals surface area contributed by atoms with Crippen LogP contribution in [0.3, 0.4) is 0 Å². The predicted molar refractivity (Wildman–Crippen MR) is 138 cm³/mol. The Hall–Kier alpha value is -3.99. The van der Waals surface area contributed by atoms with Gasteiger partial charge in [-0.25, -0.2) is 9.97 Å². The minimum Gasteiger partial charge on any atom is -0.494 e. The molecule has 11 nitrogen and oxygen atoms in total. The zero-order valence-corrected chi connectivity index (χ0v) is 20.6. The first-order chi connectivity index (χ1) is 17.5. The molecule has 36 heavy (non-hydrogen) atoms. The lowest BCUT2D eigenvalue weighted by Gasteiger charge is -2.34. The Balaban J connectivity index is 1.43. The number of fused-ring (bicyclic) bond motifs is 1. The number of piperazine rings is 1. The van der Waals surface area contributed by atoms with Crippen LogP contribution in [0.4, 0.5) is 17.3 Å². The maximum Gasteiger partial charge on any atom is 0.270 e. The molecule has 0 spiro atoms. The van der Waals surface area contributed by atoms with Crippen molar-refractivity contribution in [3.63, 3.8) is 0 Å². The van der Waals surface area contributed by atoms with E-state index in [0.29, 0.717) is 42.4 Å². The van der Waals surface area contributed by atoms with Gasteiger partial charge in [0.2, 0.25) is 11.9 Å². The molecule has 188 valence electrons. The van der Waals surface area contributed by atoms with E-state index in [-0.39, 0.29) is 17.5 Å². The molecule has 4 heterocycles. The normalized spacial score (nSPS) is 18.4. The zero-order chi connectivity index (χ0) is 25.2. The molecule has 3 aromatic rings. The first-order valence-electron chi connectivity index (χ1n) is 12.0. The van der Waals surface area contributed by atoms with Crippen molar-refractivity contribution in [2.24, 2.45) is 0 Å². The van der Waals surface area contributed by atoms with Crippen LogP contribution in [0.2, 0.25) is 0 Å². The lowest BCUT2D eigenvalue weighted by molar-refractivity contribution is -0.125. The van der Waals surface area contributed by atoms with Crippen LogP contribution < -0.4 is 20.5 Å². The van der Waals surface area contributed by atoms with Gasteiger partial charge < -0.3 is 24.8 Å². The van der Waals surface area contributed by atoms with E-state index in [0.717, 1.165) is 37.6 Å². The number of nitrogens with one attached hydrogen (secondary N) is 1. The Bertz CT molecular complexity index is 1350. The summed E-state index contributed by atoms with van der Waals surface area (Å²) in [6.45, 7) is 8.48.